The third-order valence-corrected chi connectivity index (χ3v) is 3.68. The highest BCUT2D eigenvalue weighted by Gasteiger charge is 2.30. The molecule has 0 aromatic heterocycles. The Hall–Kier alpha value is -1.10. The number of halogens is 1. The van der Waals surface area contributed by atoms with Gasteiger partial charge in [0.1, 0.15) is 0 Å². The number of aliphatic hydroxyl groups is 1. The van der Waals surface area contributed by atoms with Gasteiger partial charge >= 0.3 is 0 Å². The lowest BCUT2D eigenvalue weighted by molar-refractivity contribution is -0.0605. The third kappa shape index (κ3) is 3.69. The maximum absolute atomic E-state index is 12.0. The first-order valence-electron chi connectivity index (χ1n) is 6.35. The van der Waals surface area contributed by atoms with Crippen molar-refractivity contribution in [3.8, 4) is 0 Å². The van der Waals surface area contributed by atoms with E-state index in [1.54, 1.807) is 12.1 Å². The first kappa shape index (κ1) is 14.3. The summed E-state index contributed by atoms with van der Waals surface area (Å²) in [5.74, 6) is -0.259. The molecule has 1 saturated heterocycles. The van der Waals surface area contributed by atoms with Crippen molar-refractivity contribution in [1.29, 1.82) is 0 Å². The summed E-state index contributed by atoms with van der Waals surface area (Å²) >= 11 is 6.04. The zero-order chi connectivity index (χ0) is 13.9. The van der Waals surface area contributed by atoms with Crippen LogP contribution < -0.4 is 5.32 Å². The SMILES string of the molecule is Cc1ccc(C(=O)NCC2(O)CCOCC2)c(Cl)c1. The highest BCUT2D eigenvalue weighted by atomic mass is 35.5. The first-order valence-corrected chi connectivity index (χ1v) is 6.72. The topological polar surface area (TPSA) is 58.6 Å². The number of ether oxygens (including phenoxy) is 1. The monoisotopic (exact) mass is 283 g/mol. The van der Waals surface area contributed by atoms with Gasteiger partial charge in [-0.05, 0) is 24.6 Å². The van der Waals surface area contributed by atoms with E-state index in [-0.39, 0.29) is 12.5 Å². The fourth-order valence-electron chi connectivity index (χ4n) is 2.07. The fourth-order valence-corrected chi connectivity index (χ4v) is 2.39. The van der Waals surface area contributed by atoms with E-state index in [0.717, 1.165) is 5.56 Å². The van der Waals surface area contributed by atoms with Crippen LogP contribution in [-0.2, 0) is 4.74 Å². The Labute approximate surface area is 117 Å². The van der Waals surface area contributed by atoms with E-state index >= 15 is 0 Å². The molecule has 1 fully saturated rings. The number of nitrogens with one attached hydrogen (secondary N) is 1. The Morgan fingerprint density at radius 3 is 2.79 bits per heavy atom. The van der Waals surface area contributed by atoms with Crippen LogP contribution in [0.2, 0.25) is 5.02 Å². The summed E-state index contributed by atoms with van der Waals surface area (Å²) in [6, 6.07) is 5.28. The molecule has 0 bridgehead atoms. The maximum Gasteiger partial charge on any atom is 0.252 e. The maximum atomic E-state index is 12.0. The smallest absolute Gasteiger partial charge is 0.252 e. The molecule has 0 saturated carbocycles. The molecule has 4 nitrogen and oxygen atoms in total. The van der Waals surface area contributed by atoms with Crippen LogP contribution in [0.3, 0.4) is 0 Å². The van der Waals surface area contributed by atoms with Crippen LogP contribution in [0.5, 0.6) is 0 Å². The molecule has 1 heterocycles. The Balaban J connectivity index is 1.97. The zero-order valence-corrected chi connectivity index (χ0v) is 11.7. The predicted octanol–water partition coefficient (Wildman–Crippen LogP) is 1.92. The van der Waals surface area contributed by atoms with Gasteiger partial charge in [-0.2, -0.15) is 0 Å². The second-order valence-electron chi connectivity index (χ2n) is 5.00. The van der Waals surface area contributed by atoms with Crippen LogP contribution in [0.1, 0.15) is 28.8 Å². The molecule has 0 aliphatic carbocycles. The summed E-state index contributed by atoms with van der Waals surface area (Å²) in [5, 5.41) is 13.4. The van der Waals surface area contributed by atoms with Gasteiger partial charge in [-0.3, -0.25) is 4.79 Å². The van der Waals surface area contributed by atoms with Gasteiger partial charge in [-0.25, -0.2) is 0 Å². The van der Waals surface area contributed by atoms with Gasteiger partial charge in [0, 0.05) is 32.6 Å². The molecule has 0 unspecified atom stereocenters. The Morgan fingerprint density at radius 2 is 2.16 bits per heavy atom. The average Bonchev–Trinajstić information content (AvgIpc) is 2.37. The van der Waals surface area contributed by atoms with E-state index in [1.807, 2.05) is 13.0 Å². The quantitative estimate of drug-likeness (QED) is 0.891. The highest BCUT2D eigenvalue weighted by Crippen LogP contribution is 2.21. The molecule has 0 radical (unpaired) electrons. The second kappa shape index (κ2) is 5.90. The Kier molecular flexibility index (Phi) is 4.45. The minimum atomic E-state index is -0.870. The van der Waals surface area contributed by atoms with E-state index in [4.69, 9.17) is 16.3 Å². The minimum absolute atomic E-state index is 0.222. The van der Waals surface area contributed by atoms with Crippen LogP contribution in [0.15, 0.2) is 18.2 Å². The van der Waals surface area contributed by atoms with Crippen LogP contribution in [0, 0.1) is 6.92 Å². The standard InChI is InChI=1S/C14H18ClNO3/c1-10-2-3-11(12(15)8-10)13(17)16-9-14(18)4-6-19-7-5-14/h2-3,8,18H,4-7,9H2,1H3,(H,16,17). The fraction of sp³-hybridized carbons (Fsp3) is 0.500. The van der Waals surface area contributed by atoms with Crippen molar-refractivity contribution in [2.75, 3.05) is 19.8 Å². The normalized spacial score (nSPS) is 18.1. The molecule has 0 spiro atoms. The largest absolute Gasteiger partial charge is 0.388 e. The van der Waals surface area contributed by atoms with Crippen LogP contribution in [0.4, 0.5) is 0 Å². The lowest BCUT2D eigenvalue weighted by atomic mass is 9.94. The minimum Gasteiger partial charge on any atom is -0.388 e. The molecular weight excluding hydrogens is 266 g/mol. The van der Waals surface area contributed by atoms with Crippen molar-refractivity contribution in [2.45, 2.75) is 25.4 Å². The van der Waals surface area contributed by atoms with Crippen LogP contribution in [0.25, 0.3) is 0 Å². The number of hydrogen-bond acceptors (Lipinski definition) is 3. The van der Waals surface area contributed by atoms with E-state index in [9.17, 15) is 9.90 Å². The summed E-state index contributed by atoms with van der Waals surface area (Å²) in [5.41, 5.74) is 0.568. The highest BCUT2D eigenvalue weighted by molar-refractivity contribution is 6.33. The third-order valence-electron chi connectivity index (χ3n) is 3.37. The van der Waals surface area contributed by atoms with E-state index < -0.39 is 5.60 Å². The lowest BCUT2D eigenvalue weighted by Crippen LogP contribution is -2.46. The molecule has 104 valence electrons. The molecule has 1 aliphatic heterocycles. The first-order chi connectivity index (χ1) is 9.00. The molecule has 0 atom stereocenters. The number of carbonyl (C=O) groups excluding carboxylic acids is 1. The number of hydrogen-bond donors (Lipinski definition) is 2. The van der Waals surface area contributed by atoms with Crippen LogP contribution in [-0.4, -0.2) is 36.4 Å². The zero-order valence-electron chi connectivity index (χ0n) is 10.9. The number of rotatable bonds is 3. The lowest BCUT2D eigenvalue weighted by Gasteiger charge is -2.32. The summed E-state index contributed by atoms with van der Waals surface area (Å²) < 4.78 is 5.19. The van der Waals surface area contributed by atoms with Gasteiger partial charge in [0.15, 0.2) is 0 Å². The van der Waals surface area contributed by atoms with Gasteiger partial charge < -0.3 is 15.2 Å². The van der Waals surface area contributed by atoms with Gasteiger partial charge in [0.2, 0.25) is 0 Å². The number of aryl methyl sites for hydroxylation is 1. The van der Waals surface area contributed by atoms with Crippen molar-refractivity contribution in [1.82, 2.24) is 5.32 Å². The molecule has 2 N–H and O–H groups in total. The van der Waals surface area contributed by atoms with E-state index in [0.29, 0.717) is 36.6 Å². The molecular formula is C14H18ClNO3. The molecule has 19 heavy (non-hydrogen) atoms. The Morgan fingerprint density at radius 1 is 1.47 bits per heavy atom. The molecule has 1 amide bonds. The van der Waals surface area contributed by atoms with Crippen molar-refractivity contribution in [3.05, 3.63) is 34.3 Å². The van der Waals surface area contributed by atoms with Crippen LogP contribution >= 0.6 is 11.6 Å². The molecule has 2 rings (SSSR count). The van der Waals surface area contributed by atoms with Gasteiger partial charge in [0.05, 0.1) is 16.2 Å². The van der Waals surface area contributed by atoms with Crippen molar-refractivity contribution < 1.29 is 14.6 Å². The number of amides is 1. The summed E-state index contributed by atoms with van der Waals surface area (Å²) in [7, 11) is 0. The van der Waals surface area contributed by atoms with Crippen molar-refractivity contribution >= 4 is 17.5 Å². The Bertz CT molecular complexity index is 470. The predicted molar refractivity (Wildman–Crippen MR) is 73.5 cm³/mol. The molecule has 1 aromatic rings. The summed E-state index contributed by atoms with van der Waals surface area (Å²) in [6.45, 7) is 3.19. The average molecular weight is 284 g/mol. The van der Waals surface area contributed by atoms with Gasteiger partial charge in [-0.15, -0.1) is 0 Å². The van der Waals surface area contributed by atoms with E-state index in [2.05, 4.69) is 5.32 Å². The number of carbonyl (C=O) groups is 1. The summed E-state index contributed by atoms with van der Waals surface area (Å²) in [6.07, 6.45) is 1.07. The molecule has 5 heteroatoms. The number of benzene rings is 1. The summed E-state index contributed by atoms with van der Waals surface area (Å²) in [4.78, 5) is 12.0. The molecule has 1 aliphatic rings. The van der Waals surface area contributed by atoms with E-state index in [1.165, 1.54) is 0 Å². The van der Waals surface area contributed by atoms with Crippen molar-refractivity contribution in [2.24, 2.45) is 0 Å². The molecule has 1 aromatic carbocycles. The van der Waals surface area contributed by atoms with Gasteiger partial charge in [0.25, 0.3) is 5.91 Å². The second-order valence-corrected chi connectivity index (χ2v) is 5.41. The van der Waals surface area contributed by atoms with Crippen molar-refractivity contribution in [3.63, 3.8) is 0 Å². The van der Waals surface area contributed by atoms with Gasteiger partial charge in [-0.1, -0.05) is 17.7 Å².